The molecule has 0 amide bonds. The van der Waals surface area contributed by atoms with Gasteiger partial charge < -0.3 is 0 Å². The van der Waals surface area contributed by atoms with Crippen molar-refractivity contribution in [2.24, 2.45) is 9.98 Å². The van der Waals surface area contributed by atoms with E-state index in [4.69, 9.17) is 9.98 Å². The first-order chi connectivity index (χ1) is 14.4. The van der Waals surface area contributed by atoms with Gasteiger partial charge in [-0.15, -0.1) is 22.7 Å². The summed E-state index contributed by atoms with van der Waals surface area (Å²) in [6.07, 6.45) is 2.22. The normalized spacial score (nSPS) is 18.5. The summed E-state index contributed by atoms with van der Waals surface area (Å²) >= 11 is 3.47. The monoisotopic (exact) mass is 408 g/mol. The van der Waals surface area contributed by atoms with Gasteiger partial charge in [-0.1, -0.05) is 60.7 Å². The van der Waals surface area contributed by atoms with Gasteiger partial charge in [0.2, 0.25) is 0 Å². The van der Waals surface area contributed by atoms with E-state index >= 15 is 0 Å². The first-order valence-corrected chi connectivity index (χ1v) is 11.3. The van der Waals surface area contributed by atoms with E-state index < -0.39 is 0 Å². The lowest BCUT2D eigenvalue weighted by molar-refractivity contribution is 0.940. The zero-order valence-electron chi connectivity index (χ0n) is 15.4. The molecule has 0 radical (unpaired) electrons. The van der Waals surface area contributed by atoms with E-state index in [0.717, 1.165) is 17.1 Å². The van der Waals surface area contributed by atoms with Crippen LogP contribution in [0.2, 0.25) is 0 Å². The minimum Gasteiger partial charge on any atom is -0.271 e. The lowest BCUT2D eigenvalue weighted by atomic mass is 9.98. The third-order valence-corrected chi connectivity index (χ3v) is 7.07. The van der Waals surface area contributed by atoms with Gasteiger partial charge in [0, 0.05) is 16.7 Å². The van der Waals surface area contributed by atoms with Crippen LogP contribution in [-0.4, -0.2) is 11.4 Å². The fraction of sp³-hybridized carbons (Fsp3) is 0.0400. The maximum Gasteiger partial charge on any atom is 0.0968 e. The average Bonchev–Trinajstić information content (AvgIpc) is 3.55. The molecule has 1 unspecified atom stereocenters. The molecule has 2 aliphatic rings. The highest BCUT2D eigenvalue weighted by molar-refractivity contribution is 7.12. The highest BCUT2D eigenvalue weighted by Crippen LogP contribution is 2.39. The molecule has 1 atom stereocenters. The molecule has 0 N–H and O–H groups in total. The minimum atomic E-state index is -0.0159. The Labute approximate surface area is 177 Å². The molecule has 6 rings (SSSR count). The molecule has 0 bridgehead atoms. The second-order valence-corrected chi connectivity index (χ2v) is 8.92. The molecule has 138 valence electrons. The Morgan fingerprint density at radius 1 is 0.655 bits per heavy atom. The largest absolute Gasteiger partial charge is 0.271 e. The molecule has 0 saturated carbocycles. The molecule has 2 aliphatic heterocycles. The van der Waals surface area contributed by atoms with Crippen LogP contribution in [0, 0.1) is 0 Å². The quantitative estimate of drug-likeness (QED) is 0.365. The molecule has 4 aromatic rings. The van der Waals surface area contributed by atoms with Crippen LogP contribution in [0.1, 0.15) is 38.0 Å². The molecule has 2 aromatic carbocycles. The standard InChI is InChI=1S/C25H16N2S2/c1-3-9-18-16(7-1)20(26-24(18)22-11-5-13-28-22)15-21-17-8-2-4-10-19(17)25(27-21)23-12-6-14-29-23/h1-15,20H/b21-15-. The number of thiophene rings is 2. The Morgan fingerprint density at radius 2 is 1.31 bits per heavy atom. The number of hydrogen-bond acceptors (Lipinski definition) is 4. The number of nitrogens with zero attached hydrogens (tertiary/aromatic N) is 2. The maximum atomic E-state index is 5.11. The van der Waals surface area contributed by atoms with Gasteiger partial charge in [-0.3, -0.25) is 4.99 Å². The lowest BCUT2D eigenvalue weighted by Crippen LogP contribution is -1.97. The Hall–Kier alpha value is -3.08. The van der Waals surface area contributed by atoms with Crippen molar-refractivity contribution >= 4 is 39.8 Å². The summed E-state index contributed by atoms with van der Waals surface area (Å²) in [5, 5.41) is 4.21. The number of rotatable bonds is 3. The van der Waals surface area contributed by atoms with Crippen LogP contribution in [0.15, 0.2) is 99.6 Å². The van der Waals surface area contributed by atoms with E-state index in [0.29, 0.717) is 0 Å². The molecule has 29 heavy (non-hydrogen) atoms. The van der Waals surface area contributed by atoms with Crippen molar-refractivity contribution in [1.82, 2.24) is 0 Å². The molecule has 4 heteroatoms. The molecule has 2 nitrogen and oxygen atoms in total. The average molecular weight is 409 g/mol. The van der Waals surface area contributed by atoms with Crippen LogP contribution in [0.5, 0.6) is 0 Å². The predicted molar refractivity (Wildman–Crippen MR) is 124 cm³/mol. The smallest absolute Gasteiger partial charge is 0.0968 e. The Kier molecular flexibility index (Phi) is 3.93. The second kappa shape index (κ2) is 6.76. The van der Waals surface area contributed by atoms with Crippen molar-refractivity contribution in [3.8, 4) is 0 Å². The van der Waals surface area contributed by atoms with Gasteiger partial charge in [-0.05, 0) is 34.5 Å². The topological polar surface area (TPSA) is 24.7 Å². The molecule has 0 fully saturated rings. The van der Waals surface area contributed by atoms with E-state index in [-0.39, 0.29) is 6.04 Å². The number of aliphatic imine (C=N–C) groups is 2. The summed E-state index contributed by atoms with van der Waals surface area (Å²) in [5.74, 6) is 0. The second-order valence-electron chi connectivity index (χ2n) is 7.02. The lowest BCUT2D eigenvalue weighted by Gasteiger charge is -2.06. The van der Waals surface area contributed by atoms with Crippen molar-refractivity contribution in [2.75, 3.05) is 0 Å². The molecule has 0 aliphatic carbocycles. The van der Waals surface area contributed by atoms with Crippen molar-refractivity contribution in [3.05, 3.63) is 122 Å². The molecule has 4 heterocycles. The summed E-state index contributed by atoms with van der Waals surface area (Å²) in [7, 11) is 0. The van der Waals surface area contributed by atoms with E-state index in [9.17, 15) is 0 Å². The van der Waals surface area contributed by atoms with Crippen molar-refractivity contribution in [1.29, 1.82) is 0 Å². The highest BCUT2D eigenvalue weighted by atomic mass is 32.1. The number of hydrogen-bond donors (Lipinski definition) is 0. The summed E-state index contributed by atoms with van der Waals surface area (Å²) in [5.41, 5.74) is 8.04. The third kappa shape index (κ3) is 2.76. The van der Waals surface area contributed by atoms with Crippen LogP contribution in [-0.2, 0) is 0 Å². The maximum absolute atomic E-state index is 5.11. The first-order valence-electron chi connectivity index (χ1n) is 9.53. The third-order valence-electron chi connectivity index (χ3n) is 5.32. The van der Waals surface area contributed by atoms with Crippen molar-refractivity contribution in [3.63, 3.8) is 0 Å². The van der Waals surface area contributed by atoms with Crippen LogP contribution in [0.4, 0.5) is 0 Å². The number of benzene rings is 2. The zero-order valence-corrected chi connectivity index (χ0v) is 17.1. The predicted octanol–water partition coefficient (Wildman–Crippen LogP) is 6.59. The van der Waals surface area contributed by atoms with E-state index in [1.165, 1.54) is 32.0 Å². The van der Waals surface area contributed by atoms with Gasteiger partial charge in [0.15, 0.2) is 0 Å². The zero-order chi connectivity index (χ0) is 19.2. The number of fused-ring (bicyclic) bond motifs is 2. The summed E-state index contributed by atoms with van der Waals surface area (Å²) < 4.78 is 0. The van der Waals surface area contributed by atoms with Gasteiger partial charge in [0.05, 0.1) is 32.9 Å². The fourth-order valence-electron chi connectivity index (χ4n) is 4.02. The Balaban J connectivity index is 1.50. The van der Waals surface area contributed by atoms with Crippen LogP contribution >= 0.6 is 22.7 Å². The summed E-state index contributed by atoms with van der Waals surface area (Å²) in [6, 6.07) is 25.5. The molecular weight excluding hydrogens is 392 g/mol. The minimum absolute atomic E-state index is 0.0159. The summed E-state index contributed by atoms with van der Waals surface area (Å²) in [6.45, 7) is 0. The van der Waals surface area contributed by atoms with Crippen LogP contribution in [0.25, 0.3) is 5.70 Å². The summed E-state index contributed by atoms with van der Waals surface area (Å²) in [4.78, 5) is 12.6. The molecule has 0 saturated heterocycles. The van der Waals surface area contributed by atoms with Gasteiger partial charge in [-0.2, -0.15) is 0 Å². The van der Waals surface area contributed by atoms with Gasteiger partial charge >= 0.3 is 0 Å². The Morgan fingerprint density at radius 3 is 2.03 bits per heavy atom. The van der Waals surface area contributed by atoms with Gasteiger partial charge in [0.1, 0.15) is 0 Å². The van der Waals surface area contributed by atoms with Gasteiger partial charge in [-0.25, -0.2) is 4.99 Å². The molecule has 0 spiro atoms. The highest BCUT2D eigenvalue weighted by Gasteiger charge is 2.28. The van der Waals surface area contributed by atoms with E-state index in [1.807, 2.05) is 0 Å². The van der Waals surface area contributed by atoms with Gasteiger partial charge in [0.25, 0.3) is 0 Å². The van der Waals surface area contributed by atoms with Crippen molar-refractivity contribution < 1.29 is 0 Å². The molecule has 2 aromatic heterocycles. The fourth-order valence-corrected chi connectivity index (χ4v) is 5.48. The van der Waals surface area contributed by atoms with Crippen molar-refractivity contribution in [2.45, 2.75) is 6.04 Å². The SMILES string of the molecule is C(=C1/N=C(c2cccs2)c2ccccc21)/C1N=C(c2cccs2)c2ccccc21. The van der Waals surface area contributed by atoms with E-state index in [2.05, 4.69) is 89.6 Å². The molecular formula is C25H16N2S2. The first kappa shape index (κ1) is 16.8. The van der Waals surface area contributed by atoms with E-state index in [1.54, 1.807) is 22.7 Å². The Bertz CT molecular complexity index is 1290. The van der Waals surface area contributed by atoms with Crippen LogP contribution in [0.3, 0.4) is 0 Å². The van der Waals surface area contributed by atoms with Crippen LogP contribution < -0.4 is 0 Å².